The van der Waals surface area contributed by atoms with Gasteiger partial charge in [0.1, 0.15) is 16.6 Å². The first-order valence-electron chi connectivity index (χ1n) is 10.5. The number of fused-ring (bicyclic) bond motifs is 1. The summed E-state index contributed by atoms with van der Waals surface area (Å²) in [6.45, 7) is 1.98. The number of nitrogens with zero attached hydrogens (tertiary/aromatic N) is 1. The molecule has 1 aromatic carbocycles. The summed E-state index contributed by atoms with van der Waals surface area (Å²) in [4.78, 5) is 26.7. The molecule has 0 atom stereocenters. The molecule has 174 valence electrons. The van der Waals surface area contributed by atoms with Crippen LogP contribution >= 0.6 is 11.3 Å². The number of carbonyl (C=O) groups excluding carboxylic acids is 2. The van der Waals surface area contributed by atoms with E-state index in [2.05, 4.69) is 5.32 Å². The molecule has 0 radical (unpaired) electrons. The third-order valence-corrected chi connectivity index (χ3v) is 6.45. The van der Waals surface area contributed by atoms with E-state index >= 15 is 0 Å². The van der Waals surface area contributed by atoms with Crippen LogP contribution in [0.25, 0.3) is 6.08 Å². The quantitative estimate of drug-likeness (QED) is 0.347. The number of hydrogen-bond donors (Lipinski definition) is 1. The van der Waals surface area contributed by atoms with E-state index < -0.39 is 11.9 Å². The Hall–Kier alpha value is -3.51. The van der Waals surface area contributed by atoms with Crippen molar-refractivity contribution in [3.8, 4) is 23.3 Å². The smallest absolute Gasteiger partial charge is 0.341 e. The van der Waals surface area contributed by atoms with Gasteiger partial charge in [-0.2, -0.15) is 5.26 Å². The van der Waals surface area contributed by atoms with Gasteiger partial charge in [0.2, 0.25) is 5.75 Å². The van der Waals surface area contributed by atoms with Gasteiger partial charge in [-0.15, -0.1) is 11.3 Å². The average molecular weight is 471 g/mol. The van der Waals surface area contributed by atoms with Crippen LogP contribution in [-0.4, -0.2) is 39.8 Å². The van der Waals surface area contributed by atoms with Crippen LogP contribution in [-0.2, 0) is 22.4 Å². The lowest BCUT2D eigenvalue weighted by Crippen LogP contribution is -2.16. The van der Waals surface area contributed by atoms with Gasteiger partial charge in [0.05, 0.1) is 33.5 Å². The maximum absolute atomic E-state index is 13.0. The standard InChI is InChI=1S/C24H26N2O6S/c1-5-32-24(28)20-16-8-6-7-9-19(16)33-23(20)26-22(27)15(13-25)10-14-11-17(29-2)21(31-4)18(12-14)30-3/h10-12H,5-9H2,1-4H3,(H,26,27)/b15-10-. The van der Waals surface area contributed by atoms with Crippen LogP contribution in [0, 0.1) is 11.3 Å². The summed E-state index contributed by atoms with van der Waals surface area (Å²) in [5.41, 5.74) is 1.72. The first-order valence-corrected chi connectivity index (χ1v) is 11.3. The topological polar surface area (TPSA) is 107 Å². The van der Waals surface area contributed by atoms with Crippen molar-refractivity contribution in [2.24, 2.45) is 0 Å². The molecule has 1 N–H and O–H groups in total. The van der Waals surface area contributed by atoms with Gasteiger partial charge >= 0.3 is 5.97 Å². The lowest BCUT2D eigenvalue weighted by molar-refractivity contribution is -0.112. The van der Waals surface area contributed by atoms with E-state index in [9.17, 15) is 14.9 Å². The zero-order valence-electron chi connectivity index (χ0n) is 19.1. The van der Waals surface area contributed by atoms with Gasteiger partial charge < -0.3 is 24.3 Å². The highest BCUT2D eigenvalue weighted by Gasteiger charge is 2.28. The fourth-order valence-corrected chi connectivity index (χ4v) is 5.02. The molecule has 2 aromatic rings. The van der Waals surface area contributed by atoms with Crippen LogP contribution < -0.4 is 19.5 Å². The van der Waals surface area contributed by atoms with Crippen molar-refractivity contribution in [2.45, 2.75) is 32.6 Å². The number of ether oxygens (including phenoxy) is 4. The van der Waals surface area contributed by atoms with E-state index in [0.29, 0.717) is 33.4 Å². The zero-order chi connectivity index (χ0) is 24.0. The van der Waals surface area contributed by atoms with E-state index in [1.54, 1.807) is 19.1 Å². The summed E-state index contributed by atoms with van der Waals surface area (Å²) < 4.78 is 21.2. The van der Waals surface area contributed by atoms with Gasteiger partial charge in [0.15, 0.2) is 11.5 Å². The average Bonchev–Trinajstić information content (AvgIpc) is 3.19. The molecule has 1 heterocycles. The number of hydrogen-bond acceptors (Lipinski definition) is 8. The summed E-state index contributed by atoms with van der Waals surface area (Å²) in [5.74, 6) is 0.130. The van der Waals surface area contributed by atoms with Crippen molar-refractivity contribution in [1.82, 2.24) is 0 Å². The summed E-state index contributed by atoms with van der Waals surface area (Å²) in [6.07, 6.45) is 5.07. The number of methoxy groups -OCH3 is 3. The molecule has 8 nitrogen and oxygen atoms in total. The Kier molecular flexibility index (Phi) is 7.96. The van der Waals surface area contributed by atoms with Crippen molar-refractivity contribution in [1.29, 1.82) is 5.26 Å². The number of anilines is 1. The highest BCUT2D eigenvalue weighted by Crippen LogP contribution is 2.40. The molecule has 1 amide bonds. The number of carbonyl (C=O) groups is 2. The molecular formula is C24H26N2O6S. The molecule has 9 heteroatoms. The molecule has 1 aliphatic carbocycles. The largest absolute Gasteiger partial charge is 0.493 e. The monoisotopic (exact) mass is 470 g/mol. The Morgan fingerprint density at radius 3 is 2.36 bits per heavy atom. The number of benzene rings is 1. The van der Waals surface area contributed by atoms with Gasteiger partial charge in [0.25, 0.3) is 5.91 Å². The fraction of sp³-hybridized carbons (Fsp3) is 0.375. The minimum Gasteiger partial charge on any atom is -0.493 e. The van der Waals surface area contributed by atoms with Crippen LogP contribution in [0.15, 0.2) is 17.7 Å². The number of aryl methyl sites for hydroxylation is 1. The number of rotatable bonds is 8. The zero-order valence-corrected chi connectivity index (χ0v) is 19.9. The number of nitrogens with one attached hydrogen (secondary N) is 1. The Balaban J connectivity index is 1.96. The van der Waals surface area contributed by atoms with Crippen molar-refractivity contribution in [3.05, 3.63) is 39.3 Å². The van der Waals surface area contributed by atoms with E-state index in [-0.39, 0.29) is 12.2 Å². The minimum atomic E-state index is -0.615. The van der Waals surface area contributed by atoms with Crippen LogP contribution in [0.2, 0.25) is 0 Å². The second-order valence-electron chi connectivity index (χ2n) is 7.22. The van der Waals surface area contributed by atoms with Crippen LogP contribution in [0.5, 0.6) is 17.2 Å². The maximum atomic E-state index is 13.0. The Morgan fingerprint density at radius 2 is 1.79 bits per heavy atom. The first kappa shape index (κ1) is 24.1. The van der Waals surface area contributed by atoms with Gasteiger partial charge in [-0.1, -0.05) is 0 Å². The molecule has 0 unspecified atom stereocenters. The SMILES string of the molecule is CCOC(=O)c1c(NC(=O)/C(C#N)=C\c2cc(OC)c(OC)c(OC)c2)sc2c1CCCC2. The summed E-state index contributed by atoms with van der Waals surface area (Å²) in [7, 11) is 4.46. The van der Waals surface area contributed by atoms with Gasteiger partial charge in [-0.25, -0.2) is 4.79 Å². The van der Waals surface area contributed by atoms with Crippen molar-refractivity contribution in [2.75, 3.05) is 33.3 Å². The number of nitriles is 1. The van der Waals surface area contributed by atoms with Gasteiger partial charge in [-0.3, -0.25) is 4.79 Å². The predicted molar refractivity (Wildman–Crippen MR) is 125 cm³/mol. The highest BCUT2D eigenvalue weighted by molar-refractivity contribution is 7.17. The molecule has 0 spiro atoms. The molecule has 1 aromatic heterocycles. The van der Waals surface area contributed by atoms with E-state index in [1.165, 1.54) is 38.7 Å². The predicted octanol–water partition coefficient (Wildman–Crippen LogP) is 4.38. The van der Waals surface area contributed by atoms with Crippen molar-refractivity contribution in [3.63, 3.8) is 0 Å². The number of esters is 1. The van der Waals surface area contributed by atoms with E-state index in [0.717, 1.165) is 36.1 Å². The van der Waals surface area contributed by atoms with Crippen molar-refractivity contribution >= 4 is 34.3 Å². The lowest BCUT2D eigenvalue weighted by Gasteiger charge is -2.13. The molecule has 0 saturated heterocycles. The van der Waals surface area contributed by atoms with E-state index in [4.69, 9.17) is 18.9 Å². The van der Waals surface area contributed by atoms with Crippen LogP contribution in [0.1, 0.15) is 46.1 Å². The minimum absolute atomic E-state index is 0.134. The molecule has 0 bridgehead atoms. The molecule has 1 aliphatic rings. The first-order chi connectivity index (χ1) is 16.0. The summed E-state index contributed by atoms with van der Waals surface area (Å²) in [6, 6.07) is 5.21. The lowest BCUT2D eigenvalue weighted by atomic mass is 9.95. The fourth-order valence-electron chi connectivity index (χ4n) is 3.74. The number of amides is 1. The Morgan fingerprint density at radius 1 is 1.12 bits per heavy atom. The van der Waals surface area contributed by atoms with Gasteiger partial charge in [-0.05, 0) is 61.9 Å². The molecule has 0 saturated carbocycles. The van der Waals surface area contributed by atoms with Crippen LogP contribution in [0.3, 0.4) is 0 Å². The summed E-state index contributed by atoms with van der Waals surface area (Å²) in [5, 5.41) is 12.8. The van der Waals surface area contributed by atoms with E-state index in [1.807, 2.05) is 6.07 Å². The molecular weight excluding hydrogens is 444 g/mol. The Labute approximate surface area is 196 Å². The highest BCUT2D eigenvalue weighted by atomic mass is 32.1. The van der Waals surface area contributed by atoms with Gasteiger partial charge in [0, 0.05) is 4.88 Å². The molecule has 3 rings (SSSR count). The molecule has 0 fully saturated rings. The van der Waals surface area contributed by atoms with Crippen LogP contribution in [0.4, 0.5) is 5.00 Å². The maximum Gasteiger partial charge on any atom is 0.341 e. The Bertz CT molecular complexity index is 1100. The molecule has 0 aliphatic heterocycles. The second kappa shape index (κ2) is 10.9. The third kappa shape index (κ3) is 5.12. The molecule has 33 heavy (non-hydrogen) atoms. The third-order valence-electron chi connectivity index (χ3n) is 5.24. The summed E-state index contributed by atoms with van der Waals surface area (Å²) >= 11 is 1.37. The normalized spacial score (nSPS) is 12.9. The second-order valence-corrected chi connectivity index (χ2v) is 8.32. The number of thiophene rings is 1. The van der Waals surface area contributed by atoms with Crippen molar-refractivity contribution < 1.29 is 28.5 Å².